The summed E-state index contributed by atoms with van der Waals surface area (Å²) in [7, 11) is -3.78. The molecule has 0 spiro atoms. The normalized spacial score (nSPS) is 12.0. The smallest absolute Gasteiger partial charge is 0.339 e. The Labute approximate surface area is 182 Å². The van der Waals surface area contributed by atoms with Crippen LogP contribution in [0.15, 0.2) is 88.2 Å². The number of hydrogen-bond acceptors (Lipinski definition) is 5. The first-order valence-electron chi connectivity index (χ1n) is 8.70. The number of ether oxygens (including phenoxy) is 1. The van der Waals surface area contributed by atoms with Crippen LogP contribution in [0.25, 0.3) is 0 Å². The molecule has 3 aromatic rings. The molecule has 1 atom stereocenters. The summed E-state index contributed by atoms with van der Waals surface area (Å²) >= 11 is 3.25. The highest BCUT2D eigenvalue weighted by molar-refractivity contribution is 9.10. The number of halogens is 1. The van der Waals surface area contributed by atoms with Gasteiger partial charge in [-0.05, 0) is 48.5 Å². The number of benzene rings is 3. The van der Waals surface area contributed by atoms with Crippen LogP contribution in [0.5, 0.6) is 0 Å². The van der Waals surface area contributed by atoms with E-state index in [4.69, 9.17) is 10.5 Å². The molecule has 1 unspecified atom stereocenters. The second-order valence-electron chi connectivity index (χ2n) is 6.24. The van der Waals surface area contributed by atoms with Crippen molar-refractivity contribution in [3.05, 3.63) is 94.5 Å². The standard InChI is InChI=1S/C21H17BrN2O5S/c22-16-8-12-18(13-9-16)30(27,28)24-17-10-6-15(7-11-17)21(26)29-19(20(23)25)14-4-2-1-3-5-14/h1-13,19,24H,(H2,23,25). The number of hydrogen-bond donors (Lipinski definition) is 2. The van der Waals surface area contributed by atoms with Crippen LogP contribution in [0.3, 0.4) is 0 Å². The van der Waals surface area contributed by atoms with Gasteiger partial charge in [0.15, 0.2) is 0 Å². The summed E-state index contributed by atoms with van der Waals surface area (Å²) in [5.41, 5.74) is 6.22. The van der Waals surface area contributed by atoms with E-state index in [0.29, 0.717) is 5.56 Å². The van der Waals surface area contributed by atoms with Crippen molar-refractivity contribution < 1.29 is 22.7 Å². The van der Waals surface area contributed by atoms with Gasteiger partial charge in [-0.25, -0.2) is 13.2 Å². The SMILES string of the molecule is NC(=O)C(OC(=O)c1ccc(NS(=O)(=O)c2ccc(Br)cc2)cc1)c1ccccc1. The first-order chi connectivity index (χ1) is 14.3. The monoisotopic (exact) mass is 488 g/mol. The van der Waals surface area contributed by atoms with Gasteiger partial charge in [-0.2, -0.15) is 0 Å². The maximum absolute atomic E-state index is 12.4. The van der Waals surface area contributed by atoms with Crippen LogP contribution in [-0.2, 0) is 19.6 Å². The summed E-state index contributed by atoms with van der Waals surface area (Å²) in [6, 6.07) is 20.2. The summed E-state index contributed by atoms with van der Waals surface area (Å²) in [5.74, 6) is -1.56. The first kappa shape index (κ1) is 21.5. The van der Waals surface area contributed by atoms with Gasteiger partial charge >= 0.3 is 5.97 Å². The van der Waals surface area contributed by atoms with Crippen LogP contribution >= 0.6 is 15.9 Å². The number of nitrogens with two attached hydrogens (primary N) is 1. The quantitative estimate of drug-likeness (QED) is 0.492. The minimum atomic E-state index is -3.78. The molecule has 0 radical (unpaired) electrons. The predicted molar refractivity (Wildman–Crippen MR) is 115 cm³/mol. The minimum absolute atomic E-state index is 0.0985. The van der Waals surface area contributed by atoms with Gasteiger partial charge in [0.05, 0.1) is 10.5 Å². The van der Waals surface area contributed by atoms with Crippen LogP contribution in [0.1, 0.15) is 22.0 Å². The van der Waals surface area contributed by atoms with Gasteiger partial charge in [0.1, 0.15) is 0 Å². The lowest BCUT2D eigenvalue weighted by Crippen LogP contribution is -2.26. The molecule has 3 aromatic carbocycles. The molecule has 0 bridgehead atoms. The molecule has 0 aliphatic carbocycles. The van der Waals surface area contributed by atoms with E-state index in [-0.39, 0.29) is 16.1 Å². The number of nitrogens with one attached hydrogen (secondary N) is 1. The highest BCUT2D eigenvalue weighted by Gasteiger charge is 2.23. The molecule has 0 aromatic heterocycles. The van der Waals surface area contributed by atoms with Crippen LogP contribution in [0.2, 0.25) is 0 Å². The van der Waals surface area contributed by atoms with E-state index < -0.39 is 28.0 Å². The summed E-state index contributed by atoms with van der Waals surface area (Å²) < 4.78 is 33.3. The zero-order valence-electron chi connectivity index (χ0n) is 15.5. The Bertz CT molecular complexity index is 1150. The molecule has 154 valence electrons. The van der Waals surface area contributed by atoms with Gasteiger partial charge in [0.2, 0.25) is 6.10 Å². The van der Waals surface area contributed by atoms with Crippen molar-refractivity contribution in [2.75, 3.05) is 4.72 Å². The molecule has 7 nitrogen and oxygen atoms in total. The number of primary amides is 1. The van der Waals surface area contributed by atoms with E-state index in [1.165, 1.54) is 36.4 Å². The number of esters is 1. The maximum atomic E-state index is 12.4. The van der Waals surface area contributed by atoms with E-state index in [1.807, 2.05) is 0 Å². The van der Waals surface area contributed by atoms with Gasteiger partial charge in [0.25, 0.3) is 15.9 Å². The topological polar surface area (TPSA) is 116 Å². The molecule has 3 rings (SSSR count). The third kappa shape index (κ3) is 5.25. The Morgan fingerprint density at radius 3 is 2.07 bits per heavy atom. The largest absolute Gasteiger partial charge is 0.444 e. The molecular weight excluding hydrogens is 472 g/mol. The van der Waals surface area contributed by atoms with Gasteiger partial charge in [-0.15, -0.1) is 0 Å². The zero-order chi connectivity index (χ0) is 21.7. The highest BCUT2D eigenvalue weighted by atomic mass is 79.9. The average Bonchev–Trinajstić information content (AvgIpc) is 2.73. The fraction of sp³-hybridized carbons (Fsp3) is 0.0476. The van der Waals surface area contributed by atoms with Crippen molar-refractivity contribution in [3.8, 4) is 0 Å². The fourth-order valence-corrected chi connectivity index (χ4v) is 3.92. The van der Waals surface area contributed by atoms with E-state index in [0.717, 1.165) is 4.47 Å². The molecule has 0 aliphatic heterocycles. The average molecular weight is 489 g/mol. The number of rotatable bonds is 7. The Hall–Kier alpha value is -3.17. The minimum Gasteiger partial charge on any atom is -0.444 e. The Morgan fingerprint density at radius 2 is 1.50 bits per heavy atom. The molecule has 1 amide bonds. The molecule has 0 fully saturated rings. The summed E-state index contributed by atoms with van der Waals surface area (Å²) in [5, 5.41) is 0. The van der Waals surface area contributed by atoms with Crippen LogP contribution < -0.4 is 10.5 Å². The number of sulfonamides is 1. The first-order valence-corrected chi connectivity index (χ1v) is 11.0. The summed E-state index contributed by atoms with van der Waals surface area (Å²) in [4.78, 5) is 24.2. The van der Waals surface area contributed by atoms with E-state index in [2.05, 4.69) is 20.7 Å². The van der Waals surface area contributed by atoms with E-state index in [1.54, 1.807) is 42.5 Å². The second-order valence-corrected chi connectivity index (χ2v) is 8.83. The molecular formula is C21H17BrN2O5S. The van der Waals surface area contributed by atoms with Gasteiger partial charge < -0.3 is 10.5 Å². The number of carbonyl (C=O) groups is 2. The van der Waals surface area contributed by atoms with Crippen molar-refractivity contribution in [2.24, 2.45) is 5.73 Å². The van der Waals surface area contributed by atoms with Crippen molar-refractivity contribution in [3.63, 3.8) is 0 Å². The lowest BCUT2D eigenvalue weighted by Gasteiger charge is -2.15. The lowest BCUT2D eigenvalue weighted by atomic mass is 10.1. The molecule has 0 heterocycles. The molecule has 0 saturated heterocycles. The fourth-order valence-electron chi connectivity index (χ4n) is 2.60. The van der Waals surface area contributed by atoms with Gasteiger partial charge in [-0.3, -0.25) is 9.52 Å². The third-order valence-corrected chi connectivity index (χ3v) is 6.01. The van der Waals surface area contributed by atoms with Gasteiger partial charge in [0, 0.05) is 15.7 Å². The van der Waals surface area contributed by atoms with Gasteiger partial charge in [-0.1, -0.05) is 46.3 Å². The maximum Gasteiger partial charge on any atom is 0.339 e. The van der Waals surface area contributed by atoms with Crippen molar-refractivity contribution in [2.45, 2.75) is 11.0 Å². The third-order valence-electron chi connectivity index (χ3n) is 4.08. The highest BCUT2D eigenvalue weighted by Crippen LogP contribution is 2.21. The van der Waals surface area contributed by atoms with E-state index >= 15 is 0 Å². The van der Waals surface area contributed by atoms with Crippen molar-refractivity contribution in [1.29, 1.82) is 0 Å². The molecule has 0 aliphatic rings. The Kier molecular flexibility index (Phi) is 6.53. The van der Waals surface area contributed by atoms with Crippen LogP contribution in [-0.4, -0.2) is 20.3 Å². The van der Waals surface area contributed by atoms with Crippen molar-refractivity contribution in [1.82, 2.24) is 0 Å². The van der Waals surface area contributed by atoms with Crippen LogP contribution in [0.4, 0.5) is 5.69 Å². The Balaban J connectivity index is 1.72. The lowest BCUT2D eigenvalue weighted by molar-refractivity contribution is -0.127. The van der Waals surface area contributed by atoms with Crippen LogP contribution in [0, 0.1) is 0 Å². The molecule has 3 N–H and O–H groups in total. The molecule has 9 heteroatoms. The van der Waals surface area contributed by atoms with E-state index in [9.17, 15) is 18.0 Å². The number of amides is 1. The predicted octanol–water partition coefficient (Wildman–Crippen LogP) is 3.63. The summed E-state index contributed by atoms with van der Waals surface area (Å²) in [6.45, 7) is 0. The Morgan fingerprint density at radius 1 is 0.900 bits per heavy atom. The van der Waals surface area contributed by atoms with Crippen molar-refractivity contribution >= 4 is 43.5 Å². The second kappa shape index (κ2) is 9.10. The molecule has 30 heavy (non-hydrogen) atoms. The summed E-state index contributed by atoms with van der Waals surface area (Å²) in [6.07, 6.45) is -1.23. The molecule has 0 saturated carbocycles. The zero-order valence-corrected chi connectivity index (χ0v) is 17.9. The number of anilines is 1. The number of carbonyl (C=O) groups excluding carboxylic acids is 2.